The van der Waals surface area contributed by atoms with Crippen LogP contribution in [0.4, 0.5) is 0 Å². The smallest absolute Gasteiger partial charge is 0.353 e. The summed E-state index contributed by atoms with van der Waals surface area (Å²) in [5.41, 5.74) is 8.68. The van der Waals surface area contributed by atoms with Gasteiger partial charge in [0.1, 0.15) is 11.5 Å². The highest BCUT2D eigenvalue weighted by Gasteiger charge is 2.22. The van der Waals surface area contributed by atoms with Crippen molar-refractivity contribution in [3.8, 4) is 11.1 Å². The highest BCUT2D eigenvalue weighted by Crippen LogP contribution is 2.36. The number of carboxylic acid groups (broad SMARTS) is 1. The Labute approximate surface area is 149 Å². The van der Waals surface area contributed by atoms with Gasteiger partial charge in [0.25, 0.3) is 0 Å². The first-order valence-electron chi connectivity index (χ1n) is 8.16. The second-order valence-corrected chi connectivity index (χ2v) is 6.30. The van der Waals surface area contributed by atoms with E-state index >= 15 is 0 Å². The van der Waals surface area contributed by atoms with Gasteiger partial charge in [0.05, 0.1) is 0 Å². The number of fused-ring (bicyclic) bond motifs is 2. The predicted molar refractivity (Wildman–Crippen MR) is 104 cm³/mol. The molecule has 4 aromatic rings. The zero-order chi connectivity index (χ0) is 18.4. The van der Waals surface area contributed by atoms with Gasteiger partial charge in [-0.25, -0.2) is 4.79 Å². The van der Waals surface area contributed by atoms with Crippen molar-refractivity contribution in [1.29, 1.82) is 5.41 Å². The van der Waals surface area contributed by atoms with Crippen LogP contribution in [0, 0.1) is 5.41 Å². The summed E-state index contributed by atoms with van der Waals surface area (Å²) in [6.07, 6.45) is 0. The lowest BCUT2D eigenvalue weighted by molar-refractivity contribution is 0.0688. The zero-order valence-corrected chi connectivity index (χ0v) is 14.2. The number of hydrogen-bond acceptors (Lipinski definition) is 2. The third-order valence-corrected chi connectivity index (χ3v) is 4.75. The summed E-state index contributed by atoms with van der Waals surface area (Å²) in [5, 5.41) is 20.4. The lowest BCUT2D eigenvalue weighted by Crippen LogP contribution is -2.10. The molecule has 0 spiro atoms. The average Bonchev–Trinajstić information content (AvgIpc) is 2.93. The van der Waals surface area contributed by atoms with Crippen LogP contribution in [0.15, 0.2) is 60.7 Å². The van der Waals surface area contributed by atoms with Crippen molar-refractivity contribution >= 4 is 33.5 Å². The second kappa shape index (κ2) is 5.74. The van der Waals surface area contributed by atoms with Crippen LogP contribution in [0.3, 0.4) is 0 Å². The molecule has 0 amide bonds. The minimum Gasteiger partial charge on any atom is -0.477 e. The van der Waals surface area contributed by atoms with Crippen molar-refractivity contribution in [3.63, 3.8) is 0 Å². The number of benzene rings is 3. The van der Waals surface area contributed by atoms with Crippen LogP contribution >= 0.6 is 0 Å². The van der Waals surface area contributed by atoms with Crippen molar-refractivity contribution in [2.75, 3.05) is 0 Å². The van der Waals surface area contributed by atoms with E-state index in [1.54, 1.807) is 23.7 Å². The fraction of sp³-hybridized carbons (Fsp3) is 0.0476. The zero-order valence-electron chi connectivity index (χ0n) is 14.2. The molecule has 0 aliphatic carbocycles. The van der Waals surface area contributed by atoms with Gasteiger partial charge in [-0.15, -0.1) is 0 Å². The van der Waals surface area contributed by atoms with Crippen LogP contribution in [-0.2, 0) is 7.05 Å². The summed E-state index contributed by atoms with van der Waals surface area (Å²) in [4.78, 5) is 12.0. The number of aryl methyl sites for hydroxylation is 1. The van der Waals surface area contributed by atoms with Crippen molar-refractivity contribution < 1.29 is 9.90 Å². The SMILES string of the molecule is Cn1c(C(=O)O)c(-c2ccc3ccccc3c2)c2cc(C(=N)N)ccc21. The maximum absolute atomic E-state index is 12.0. The van der Waals surface area contributed by atoms with Crippen LogP contribution in [0.1, 0.15) is 16.1 Å². The minimum absolute atomic E-state index is 0.0444. The lowest BCUT2D eigenvalue weighted by Gasteiger charge is -2.06. The molecule has 0 saturated carbocycles. The third-order valence-electron chi connectivity index (χ3n) is 4.75. The molecule has 4 N–H and O–H groups in total. The number of nitrogens with two attached hydrogens (primary N) is 1. The molecule has 4 rings (SSSR count). The van der Waals surface area contributed by atoms with Crippen LogP contribution in [-0.4, -0.2) is 21.5 Å². The topological polar surface area (TPSA) is 92.1 Å². The number of rotatable bonds is 3. The molecule has 1 aromatic heterocycles. The van der Waals surface area contributed by atoms with Crippen molar-refractivity contribution in [3.05, 3.63) is 71.9 Å². The molecule has 0 fully saturated rings. The summed E-state index contributed by atoms with van der Waals surface area (Å²) < 4.78 is 1.67. The van der Waals surface area contributed by atoms with E-state index in [0.29, 0.717) is 11.1 Å². The maximum Gasteiger partial charge on any atom is 0.353 e. The lowest BCUT2D eigenvalue weighted by atomic mass is 9.97. The Morgan fingerprint density at radius 1 is 1.04 bits per heavy atom. The summed E-state index contributed by atoms with van der Waals surface area (Å²) in [7, 11) is 1.74. The molecule has 0 aliphatic rings. The van der Waals surface area contributed by atoms with E-state index in [2.05, 4.69) is 0 Å². The first-order chi connectivity index (χ1) is 12.5. The largest absolute Gasteiger partial charge is 0.477 e. The molecule has 0 atom stereocenters. The number of carbonyl (C=O) groups is 1. The van der Waals surface area contributed by atoms with Crippen molar-refractivity contribution in [2.24, 2.45) is 12.8 Å². The van der Waals surface area contributed by atoms with Gasteiger partial charge in [0, 0.05) is 29.1 Å². The highest BCUT2D eigenvalue weighted by atomic mass is 16.4. The number of nitrogens with zero attached hydrogens (tertiary/aromatic N) is 1. The summed E-state index contributed by atoms with van der Waals surface area (Å²) in [6.45, 7) is 0. The Morgan fingerprint density at radius 2 is 1.77 bits per heavy atom. The molecular weight excluding hydrogens is 326 g/mol. The Bertz CT molecular complexity index is 1200. The van der Waals surface area contributed by atoms with Gasteiger partial charge in [-0.05, 0) is 40.6 Å². The standard InChI is InChI=1S/C21H17N3O2/c1-24-17-9-8-15(20(22)23)11-16(17)18(19(24)21(25)26)14-7-6-12-4-2-3-5-13(12)10-14/h2-11H,1H3,(H3,22,23)(H,25,26). The predicted octanol–water partition coefficient (Wildman–Crippen LogP) is 3.98. The molecule has 0 unspecified atom stereocenters. The molecule has 0 saturated heterocycles. The first kappa shape index (κ1) is 15.9. The monoisotopic (exact) mass is 343 g/mol. The van der Waals surface area contributed by atoms with Crippen LogP contribution in [0.25, 0.3) is 32.8 Å². The van der Waals surface area contributed by atoms with Gasteiger partial charge in [-0.3, -0.25) is 5.41 Å². The Kier molecular flexibility index (Phi) is 3.51. The van der Waals surface area contributed by atoms with Crippen LogP contribution in [0.5, 0.6) is 0 Å². The Morgan fingerprint density at radius 3 is 2.46 bits per heavy atom. The molecule has 5 heteroatoms. The van der Waals surface area contributed by atoms with E-state index < -0.39 is 5.97 Å². The van der Waals surface area contributed by atoms with Gasteiger partial charge in [-0.2, -0.15) is 0 Å². The normalized spacial score (nSPS) is 11.1. The Balaban J connectivity index is 2.11. The fourth-order valence-corrected chi connectivity index (χ4v) is 3.50. The number of aromatic nitrogens is 1. The molecule has 26 heavy (non-hydrogen) atoms. The average molecular weight is 343 g/mol. The fourth-order valence-electron chi connectivity index (χ4n) is 3.50. The van der Waals surface area contributed by atoms with Gasteiger partial charge < -0.3 is 15.4 Å². The summed E-state index contributed by atoms with van der Waals surface area (Å²) in [5.74, 6) is -1.03. The summed E-state index contributed by atoms with van der Waals surface area (Å²) >= 11 is 0. The molecule has 1 heterocycles. The number of aromatic carboxylic acids is 1. The van der Waals surface area contributed by atoms with Gasteiger partial charge >= 0.3 is 5.97 Å². The third kappa shape index (κ3) is 2.33. The number of hydrogen-bond donors (Lipinski definition) is 3. The molecule has 3 aromatic carbocycles. The van der Waals surface area contributed by atoms with Crippen molar-refractivity contribution in [1.82, 2.24) is 4.57 Å². The van der Waals surface area contributed by atoms with E-state index in [-0.39, 0.29) is 11.5 Å². The molecule has 128 valence electrons. The van der Waals surface area contributed by atoms with Gasteiger partial charge in [0.2, 0.25) is 0 Å². The number of nitrogens with one attached hydrogen (secondary N) is 1. The molecular formula is C21H17N3O2. The highest BCUT2D eigenvalue weighted by molar-refractivity contribution is 6.11. The molecule has 5 nitrogen and oxygen atoms in total. The van der Waals surface area contributed by atoms with Crippen LogP contribution < -0.4 is 5.73 Å². The quantitative estimate of drug-likeness (QED) is 0.388. The van der Waals surface area contributed by atoms with Gasteiger partial charge in [-0.1, -0.05) is 36.4 Å². The van der Waals surface area contributed by atoms with E-state index in [1.165, 1.54) is 0 Å². The van der Waals surface area contributed by atoms with E-state index in [0.717, 1.165) is 27.2 Å². The van der Waals surface area contributed by atoms with E-state index in [4.69, 9.17) is 11.1 Å². The maximum atomic E-state index is 12.0. The first-order valence-corrected chi connectivity index (χ1v) is 8.16. The number of nitrogen functional groups attached to an aromatic ring is 1. The van der Waals surface area contributed by atoms with Crippen LogP contribution in [0.2, 0.25) is 0 Å². The minimum atomic E-state index is -0.990. The molecule has 0 bridgehead atoms. The Hall–Kier alpha value is -3.60. The number of amidine groups is 1. The summed E-state index contributed by atoms with van der Waals surface area (Å²) in [6, 6.07) is 19.2. The van der Waals surface area contributed by atoms with E-state index in [9.17, 15) is 9.90 Å². The van der Waals surface area contributed by atoms with Crippen molar-refractivity contribution in [2.45, 2.75) is 0 Å². The van der Waals surface area contributed by atoms with Gasteiger partial charge in [0.15, 0.2) is 0 Å². The number of carboxylic acids is 1. The molecule has 0 radical (unpaired) electrons. The molecule has 0 aliphatic heterocycles. The van der Waals surface area contributed by atoms with E-state index in [1.807, 2.05) is 48.5 Å². The second-order valence-electron chi connectivity index (χ2n) is 6.30.